The van der Waals surface area contributed by atoms with Crippen LogP contribution in [0.5, 0.6) is 0 Å². The van der Waals surface area contributed by atoms with Crippen molar-refractivity contribution in [2.45, 2.75) is 24.6 Å². The van der Waals surface area contributed by atoms with Gasteiger partial charge in [-0.3, -0.25) is 14.4 Å². The molecular weight excluding hydrogens is 480 g/mol. The van der Waals surface area contributed by atoms with Crippen molar-refractivity contribution < 1.29 is 9.53 Å². The molecule has 2 aliphatic rings. The first-order valence-corrected chi connectivity index (χ1v) is 12.6. The summed E-state index contributed by atoms with van der Waals surface area (Å²) >= 11 is 0. The zero-order valence-corrected chi connectivity index (χ0v) is 22.3. The highest BCUT2D eigenvalue weighted by atomic mass is 16.5. The van der Waals surface area contributed by atoms with Crippen LogP contribution in [0.4, 0.5) is 5.82 Å². The average molecular weight is 515 g/mol. The predicted molar refractivity (Wildman–Crippen MR) is 148 cm³/mol. The zero-order valence-electron chi connectivity index (χ0n) is 22.3. The fourth-order valence-electron chi connectivity index (χ4n) is 5.33. The Hall–Kier alpha value is -3.86. The van der Waals surface area contributed by atoms with Gasteiger partial charge in [-0.1, -0.05) is 18.7 Å². The number of nitrogens with one attached hydrogen (secondary N) is 1. The van der Waals surface area contributed by atoms with Gasteiger partial charge in [-0.2, -0.15) is 5.10 Å². The Bertz CT molecular complexity index is 1460. The number of allylic oxidation sites excluding steroid dienone is 1. The van der Waals surface area contributed by atoms with Gasteiger partial charge >= 0.3 is 0 Å². The number of carbonyl (C=O) groups excluding carboxylic acids is 1. The molecule has 3 N–H and O–H groups in total. The Morgan fingerprint density at radius 1 is 1.29 bits per heavy atom. The van der Waals surface area contributed by atoms with E-state index in [0.29, 0.717) is 23.9 Å². The maximum Gasteiger partial charge on any atom is 0.248 e. The smallest absolute Gasteiger partial charge is 0.248 e. The number of hydrogen-bond donors (Lipinski definition) is 2. The summed E-state index contributed by atoms with van der Waals surface area (Å²) in [6.45, 7) is 5.62. The second kappa shape index (κ2) is 10.1. The molecule has 198 valence electrons. The molecule has 1 amide bonds. The van der Waals surface area contributed by atoms with Gasteiger partial charge in [0.1, 0.15) is 12.1 Å². The van der Waals surface area contributed by atoms with Crippen molar-refractivity contribution >= 4 is 22.6 Å². The Morgan fingerprint density at radius 2 is 2.11 bits per heavy atom. The van der Waals surface area contributed by atoms with Crippen LogP contribution in [-0.2, 0) is 16.6 Å². The second-order valence-electron chi connectivity index (χ2n) is 10.1. The summed E-state index contributed by atoms with van der Waals surface area (Å²) < 4.78 is 8.11. The number of anilines is 1. The van der Waals surface area contributed by atoms with Gasteiger partial charge < -0.3 is 20.7 Å². The number of methoxy groups -OCH3 is 1. The number of benzene rings is 1. The summed E-state index contributed by atoms with van der Waals surface area (Å²) in [5.41, 5.74) is 9.29. The van der Waals surface area contributed by atoms with Gasteiger partial charge in [-0.15, -0.1) is 0 Å². The van der Waals surface area contributed by atoms with Crippen LogP contribution in [0.1, 0.15) is 12.8 Å². The predicted octanol–water partition coefficient (Wildman–Crippen LogP) is 2.68. The topological polar surface area (TPSA) is 114 Å². The van der Waals surface area contributed by atoms with E-state index in [1.165, 1.54) is 0 Å². The number of hydrogen-bond acceptors (Lipinski definition) is 8. The first-order chi connectivity index (χ1) is 18.2. The van der Waals surface area contributed by atoms with Crippen LogP contribution in [0, 0.1) is 0 Å². The van der Waals surface area contributed by atoms with Gasteiger partial charge in [0, 0.05) is 62.3 Å². The number of ether oxygens (including phenoxy) is 1. The highest BCUT2D eigenvalue weighted by Gasteiger charge is 2.45. The number of nitrogens with zero attached hydrogens (tertiary/aromatic N) is 6. The molecule has 10 nitrogen and oxygen atoms in total. The van der Waals surface area contributed by atoms with Crippen molar-refractivity contribution in [2.75, 3.05) is 39.6 Å². The van der Waals surface area contributed by atoms with Crippen LogP contribution in [0.3, 0.4) is 0 Å². The Balaban J connectivity index is 1.50. The van der Waals surface area contributed by atoms with Crippen molar-refractivity contribution in [1.82, 2.24) is 29.5 Å². The minimum Gasteiger partial charge on any atom is -0.366 e. The molecule has 0 bridgehead atoms. The lowest BCUT2D eigenvalue weighted by Gasteiger charge is -2.44. The third kappa shape index (κ3) is 4.62. The third-order valence-electron chi connectivity index (χ3n) is 7.68. The van der Waals surface area contributed by atoms with Gasteiger partial charge in [0.15, 0.2) is 5.72 Å². The zero-order chi connectivity index (χ0) is 27.0. The molecule has 2 aromatic heterocycles. The number of amides is 1. The van der Waals surface area contributed by atoms with Crippen LogP contribution >= 0.6 is 0 Å². The molecular formula is C28H34N8O2. The maximum atomic E-state index is 11.9. The van der Waals surface area contributed by atoms with Crippen LogP contribution in [0.2, 0.25) is 0 Å². The number of nitrogens with two attached hydrogens (primary N) is 1. The van der Waals surface area contributed by atoms with E-state index in [-0.39, 0.29) is 5.57 Å². The Morgan fingerprint density at radius 3 is 2.82 bits per heavy atom. The molecule has 1 fully saturated rings. The van der Waals surface area contributed by atoms with E-state index in [1.54, 1.807) is 13.4 Å². The molecule has 2 unspecified atom stereocenters. The van der Waals surface area contributed by atoms with E-state index < -0.39 is 11.6 Å². The molecule has 0 spiro atoms. The number of aromatic nitrogens is 4. The molecule has 2 atom stereocenters. The fraction of sp³-hybridized carbons (Fsp3) is 0.357. The van der Waals surface area contributed by atoms with Gasteiger partial charge in [0.25, 0.3) is 0 Å². The van der Waals surface area contributed by atoms with Gasteiger partial charge in [-0.05, 0) is 44.3 Å². The van der Waals surface area contributed by atoms with Gasteiger partial charge in [0.05, 0.1) is 23.1 Å². The average Bonchev–Trinajstić information content (AvgIpc) is 3.56. The number of likely N-dealkylation sites (tertiary alicyclic amines) is 1. The van der Waals surface area contributed by atoms with E-state index >= 15 is 0 Å². The van der Waals surface area contributed by atoms with E-state index in [9.17, 15) is 4.79 Å². The molecule has 1 aliphatic carbocycles. The normalized spacial score (nSPS) is 22.0. The van der Waals surface area contributed by atoms with E-state index in [1.807, 2.05) is 48.3 Å². The first kappa shape index (κ1) is 25.8. The molecule has 10 heteroatoms. The molecule has 1 aromatic carbocycles. The minimum absolute atomic E-state index is 0.259. The van der Waals surface area contributed by atoms with Crippen molar-refractivity contribution in [3.8, 4) is 11.3 Å². The van der Waals surface area contributed by atoms with Gasteiger partial charge in [-0.25, -0.2) is 9.97 Å². The molecule has 0 radical (unpaired) electrons. The van der Waals surface area contributed by atoms with Crippen LogP contribution < -0.4 is 11.1 Å². The summed E-state index contributed by atoms with van der Waals surface area (Å²) in [4.78, 5) is 25.5. The lowest BCUT2D eigenvalue weighted by molar-refractivity contribution is -0.114. The number of rotatable bonds is 8. The lowest BCUT2D eigenvalue weighted by Crippen LogP contribution is -2.54. The third-order valence-corrected chi connectivity index (χ3v) is 7.68. The number of carbonyl (C=O) groups is 1. The van der Waals surface area contributed by atoms with Crippen molar-refractivity contribution in [3.63, 3.8) is 0 Å². The number of likely N-dealkylation sites (N-methyl/N-ethyl adjacent to an activating group) is 1. The number of primary amides is 1. The highest BCUT2D eigenvalue weighted by molar-refractivity contribution is 5.97. The molecule has 5 rings (SSSR count). The van der Waals surface area contributed by atoms with Crippen LogP contribution in [-0.4, -0.2) is 81.5 Å². The largest absolute Gasteiger partial charge is 0.366 e. The summed E-state index contributed by atoms with van der Waals surface area (Å²) in [5, 5.41) is 8.87. The quantitative estimate of drug-likeness (QED) is 0.441. The maximum absolute atomic E-state index is 11.9. The monoisotopic (exact) mass is 514 g/mol. The van der Waals surface area contributed by atoms with E-state index in [4.69, 9.17) is 10.5 Å². The van der Waals surface area contributed by atoms with Crippen molar-refractivity contribution in [1.29, 1.82) is 0 Å². The lowest BCUT2D eigenvalue weighted by atomic mass is 9.90. The first-order valence-electron chi connectivity index (χ1n) is 12.6. The van der Waals surface area contributed by atoms with Gasteiger partial charge in [0.2, 0.25) is 5.91 Å². The molecule has 1 saturated heterocycles. The molecule has 3 aromatic rings. The Labute approximate surface area is 222 Å². The summed E-state index contributed by atoms with van der Waals surface area (Å²) in [5.74, 6) is 0.0592. The molecule has 38 heavy (non-hydrogen) atoms. The highest BCUT2D eigenvalue weighted by Crippen LogP contribution is 2.39. The SMILES string of the molecule is C=C(C(N)=O)C1=CCC(OC)(N2CCC(N(C)C)C2)C(Nc2cc(-c3ccc4c(cnn4C)c3)ncn2)=C1. The van der Waals surface area contributed by atoms with Crippen molar-refractivity contribution in [3.05, 3.63) is 72.4 Å². The summed E-state index contributed by atoms with van der Waals surface area (Å²) in [6.07, 6.45) is 8.81. The number of aryl methyl sites for hydroxylation is 1. The van der Waals surface area contributed by atoms with E-state index in [2.05, 4.69) is 56.9 Å². The fourth-order valence-corrected chi connectivity index (χ4v) is 5.33. The molecule has 0 saturated carbocycles. The standard InChI is InChI=1S/C28H34N8O2/c1-18(27(29)37)19-8-10-28(38-5,36-11-9-22(16-36)34(2)3)25(13-19)33-26-14-23(30-17-31-26)20-6-7-24-21(12-20)15-32-35(24)4/h6-8,12-15,17,22H,1,9-11,16H2,2-5H3,(H2,29,37)(H,30,31,33). The second-order valence-corrected chi connectivity index (χ2v) is 10.1. The van der Waals surface area contributed by atoms with E-state index in [0.717, 1.165) is 47.4 Å². The molecule has 3 heterocycles. The number of fused-ring (bicyclic) bond motifs is 1. The summed E-state index contributed by atoms with van der Waals surface area (Å²) in [6, 6.07) is 8.46. The van der Waals surface area contributed by atoms with Crippen LogP contribution in [0.25, 0.3) is 22.2 Å². The molecule has 1 aliphatic heterocycles. The minimum atomic E-state index is -0.758. The Kier molecular flexibility index (Phi) is 6.87. The van der Waals surface area contributed by atoms with Crippen LogP contribution in [0.15, 0.2) is 72.4 Å². The van der Waals surface area contributed by atoms with Crippen molar-refractivity contribution in [2.24, 2.45) is 12.8 Å². The summed E-state index contributed by atoms with van der Waals surface area (Å²) in [7, 11) is 7.84.